The zero-order valence-electron chi connectivity index (χ0n) is 18.7. The van der Waals surface area contributed by atoms with Gasteiger partial charge in [-0.25, -0.2) is 4.98 Å². The number of aliphatic hydroxyl groups excluding tert-OH is 2. The fraction of sp³-hybridized carbons (Fsp3) is 0.400. The van der Waals surface area contributed by atoms with E-state index in [1.165, 1.54) is 12.8 Å². The average molecular weight is 463 g/mol. The van der Waals surface area contributed by atoms with E-state index >= 15 is 0 Å². The summed E-state index contributed by atoms with van der Waals surface area (Å²) in [7, 11) is 0. The highest BCUT2D eigenvalue weighted by Gasteiger charge is 2.36. The molecular weight excluding hydrogens is 438 g/mol. The third kappa shape index (κ3) is 3.15. The molecule has 1 aliphatic carbocycles. The van der Waals surface area contributed by atoms with Gasteiger partial charge in [-0.15, -0.1) is 0 Å². The molecule has 3 aliphatic rings. The van der Waals surface area contributed by atoms with Gasteiger partial charge in [0.15, 0.2) is 11.5 Å². The topological polar surface area (TPSA) is 114 Å². The Morgan fingerprint density at radius 2 is 1.68 bits per heavy atom. The Morgan fingerprint density at radius 3 is 2.41 bits per heavy atom. The summed E-state index contributed by atoms with van der Waals surface area (Å²) in [6.07, 6.45) is 3.15. The fourth-order valence-electron chi connectivity index (χ4n) is 5.35. The number of carbonyl (C=O) groups is 1. The highest BCUT2D eigenvalue weighted by molar-refractivity contribution is 6.26. The van der Waals surface area contributed by atoms with Crippen LogP contribution in [0.1, 0.15) is 46.3 Å². The Morgan fingerprint density at radius 1 is 0.941 bits per heavy atom. The zero-order chi connectivity index (χ0) is 23.4. The molecule has 9 heteroatoms. The Kier molecular flexibility index (Phi) is 5.13. The minimum atomic E-state index is -0.311. The first-order valence-electron chi connectivity index (χ1n) is 11.6. The third-order valence-corrected chi connectivity index (χ3v) is 7.05. The monoisotopic (exact) mass is 463 g/mol. The number of hydrogen-bond donors (Lipinski definition) is 2. The molecule has 1 fully saturated rings. The van der Waals surface area contributed by atoms with E-state index < -0.39 is 0 Å². The number of rotatable bonds is 6. The van der Waals surface area contributed by atoms with Crippen LogP contribution in [0.25, 0.3) is 22.2 Å². The molecule has 0 amide bonds. The predicted molar refractivity (Wildman–Crippen MR) is 123 cm³/mol. The van der Waals surface area contributed by atoms with E-state index in [0.717, 1.165) is 26.1 Å². The molecule has 0 atom stereocenters. The largest absolute Gasteiger partial charge is 0.452 e. The Bertz CT molecular complexity index is 1390. The second kappa shape index (κ2) is 8.19. The summed E-state index contributed by atoms with van der Waals surface area (Å²) in [5.74, 6) is 0.475. The number of nitrogens with zero attached hydrogens (tertiary/aromatic N) is 3. The fourth-order valence-corrected chi connectivity index (χ4v) is 5.35. The van der Waals surface area contributed by atoms with Gasteiger partial charge in [-0.1, -0.05) is 0 Å². The molecule has 1 aromatic carbocycles. The van der Waals surface area contributed by atoms with Gasteiger partial charge in [-0.05, 0) is 68.2 Å². The molecule has 0 bridgehead atoms. The maximum atomic E-state index is 13.7. The summed E-state index contributed by atoms with van der Waals surface area (Å²) in [6, 6.07) is 4.86. The molecule has 1 saturated heterocycles. The molecule has 0 saturated carbocycles. The van der Waals surface area contributed by atoms with Crippen molar-refractivity contribution in [3.8, 4) is 23.0 Å². The van der Waals surface area contributed by atoms with Crippen LogP contribution in [0.15, 0.2) is 23.0 Å². The molecule has 2 N–H and O–H groups in total. The van der Waals surface area contributed by atoms with E-state index in [9.17, 15) is 19.8 Å². The number of ketones is 1. The number of likely N-dealkylation sites (tertiary alicyclic amines) is 1. The highest BCUT2D eigenvalue weighted by Crippen LogP contribution is 2.43. The van der Waals surface area contributed by atoms with Gasteiger partial charge < -0.3 is 29.2 Å². The van der Waals surface area contributed by atoms with Crippen LogP contribution in [0.3, 0.4) is 0 Å². The van der Waals surface area contributed by atoms with Crippen molar-refractivity contribution in [2.45, 2.75) is 39.0 Å². The molecule has 9 nitrogen and oxygen atoms in total. The molecule has 0 unspecified atom stereocenters. The number of aromatic nitrogens is 2. The second-order valence-corrected chi connectivity index (χ2v) is 8.99. The molecular formula is C25H25N3O6. The zero-order valence-corrected chi connectivity index (χ0v) is 18.7. The number of benzene rings is 1. The van der Waals surface area contributed by atoms with Crippen LogP contribution in [0, 0.1) is 0 Å². The van der Waals surface area contributed by atoms with E-state index in [-0.39, 0.29) is 31.3 Å². The Labute approximate surface area is 195 Å². The van der Waals surface area contributed by atoms with Gasteiger partial charge in [0.25, 0.3) is 11.4 Å². The SMILES string of the molecule is O=C1c2cc3c(nc2-c2c1c1cc(CO)c(CO)cc1c(=O)n2CCCN1CCCC1)OCO3. The number of fused-ring (bicyclic) bond motifs is 6. The lowest BCUT2D eigenvalue weighted by Crippen LogP contribution is -2.27. The summed E-state index contributed by atoms with van der Waals surface area (Å²) < 4.78 is 12.5. The van der Waals surface area contributed by atoms with Crippen molar-refractivity contribution in [2.24, 2.45) is 0 Å². The van der Waals surface area contributed by atoms with Crippen molar-refractivity contribution in [2.75, 3.05) is 26.4 Å². The van der Waals surface area contributed by atoms with Crippen molar-refractivity contribution in [1.29, 1.82) is 0 Å². The Balaban J connectivity index is 1.56. The normalized spacial score (nSPS) is 16.5. The van der Waals surface area contributed by atoms with Crippen molar-refractivity contribution in [3.05, 3.63) is 50.8 Å². The molecule has 176 valence electrons. The van der Waals surface area contributed by atoms with E-state index in [2.05, 4.69) is 9.88 Å². The van der Waals surface area contributed by atoms with Crippen molar-refractivity contribution < 1.29 is 24.5 Å². The first-order valence-corrected chi connectivity index (χ1v) is 11.6. The number of aliphatic hydroxyl groups is 2. The number of carbonyl (C=O) groups excluding carboxylic acids is 1. The molecule has 2 aromatic heterocycles. The standard InChI is InChI=1S/C25H25N3O6/c29-11-14-8-16-17(9-15(14)12-30)25(32)28(7-3-6-27-4-1-2-5-27)22-20(16)23(31)18-10-19-24(26-21(18)22)34-13-33-19/h8-10,29-30H,1-7,11-13H2. The second-order valence-electron chi connectivity index (χ2n) is 8.99. The van der Waals surface area contributed by atoms with Crippen LogP contribution >= 0.6 is 0 Å². The molecule has 2 aliphatic heterocycles. The van der Waals surface area contributed by atoms with Gasteiger partial charge in [0.2, 0.25) is 6.79 Å². The van der Waals surface area contributed by atoms with Crippen LogP contribution < -0.4 is 15.0 Å². The van der Waals surface area contributed by atoms with Crippen LogP contribution in [0.2, 0.25) is 0 Å². The molecule has 0 radical (unpaired) electrons. The first kappa shape index (κ1) is 21.3. The number of ether oxygens (including phenoxy) is 2. The average Bonchev–Trinajstić information content (AvgIpc) is 3.59. The lowest BCUT2D eigenvalue weighted by Gasteiger charge is -2.18. The number of pyridine rings is 2. The molecule has 3 aromatic rings. The third-order valence-electron chi connectivity index (χ3n) is 7.05. The van der Waals surface area contributed by atoms with E-state index in [4.69, 9.17) is 9.47 Å². The lowest BCUT2D eigenvalue weighted by molar-refractivity contribution is 0.104. The molecule has 34 heavy (non-hydrogen) atoms. The van der Waals surface area contributed by atoms with Crippen LogP contribution in [0.4, 0.5) is 0 Å². The van der Waals surface area contributed by atoms with Crippen molar-refractivity contribution in [3.63, 3.8) is 0 Å². The van der Waals surface area contributed by atoms with Crippen LogP contribution in [-0.4, -0.2) is 56.9 Å². The summed E-state index contributed by atoms with van der Waals surface area (Å²) in [6.45, 7) is 2.87. The smallest absolute Gasteiger partial charge is 0.260 e. The van der Waals surface area contributed by atoms with E-state index in [1.54, 1.807) is 22.8 Å². The van der Waals surface area contributed by atoms with Gasteiger partial charge in [0.1, 0.15) is 5.69 Å². The maximum Gasteiger partial charge on any atom is 0.260 e. The van der Waals surface area contributed by atoms with E-state index in [1.807, 2.05) is 0 Å². The van der Waals surface area contributed by atoms with Crippen LogP contribution in [-0.2, 0) is 19.8 Å². The van der Waals surface area contributed by atoms with E-state index in [0.29, 0.717) is 62.6 Å². The minimum absolute atomic E-state index is 0.0381. The van der Waals surface area contributed by atoms with Gasteiger partial charge in [0, 0.05) is 17.3 Å². The minimum Gasteiger partial charge on any atom is -0.452 e. The van der Waals surface area contributed by atoms with Gasteiger partial charge in [-0.3, -0.25) is 9.59 Å². The van der Waals surface area contributed by atoms with Gasteiger partial charge >= 0.3 is 0 Å². The lowest BCUT2D eigenvalue weighted by atomic mass is 9.97. The van der Waals surface area contributed by atoms with Gasteiger partial charge in [-0.2, -0.15) is 0 Å². The molecule has 6 rings (SSSR count). The summed E-state index contributed by atoms with van der Waals surface area (Å²) in [4.78, 5) is 34.3. The quantitative estimate of drug-likeness (QED) is 0.445. The van der Waals surface area contributed by atoms with Crippen molar-refractivity contribution >= 4 is 16.6 Å². The number of hydrogen-bond acceptors (Lipinski definition) is 8. The maximum absolute atomic E-state index is 13.7. The summed E-state index contributed by atoms with van der Waals surface area (Å²) >= 11 is 0. The van der Waals surface area contributed by atoms with Crippen LogP contribution in [0.5, 0.6) is 11.6 Å². The Hall–Kier alpha value is -3.27. The molecule has 0 spiro atoms. The first-order chi connectivity index (χ1) is 16.6. The van der Waals surface area contributed by atoms with Gasteiger partial charge in [0.05, 0.1) is 30.0 Å². The van der Waals surface area contributed by atoms with Crippen molar-refractivity contribution in [1.82, 2.24) is 14.5 Å². The summed E-state index contributed by atoms with van der Waals surface area (Å²) in [5, 5.41) is 20.4. The predicted octanol–water partition coefficient (Wildman–Crippen LogP) is 1.81. The highest BCUT2D eigenvalue weighted by atomic mass is 16.7. The molecule has 4 heterocycles. The summed E-state index contributed by atoms with van der Waals surface area (Å²) in [5.41, 5.74) is 2.37.